The Bertz CT molecular complexity index is 1660. The van der Waals surface area contributed by atoms with Gasteiger partial charge in [0.15, 0.2) is 24.7 Å². The summed E-state index contributed by atoms with van der Waals surface area (Å²) in [4.78, 5) is 0. The molecular formula is C46H76O19. The molecule has 11 N–H and O–H groups in total. The highest BCUT2D eigenvalue weighted by Gasteiger charge is 2.70. The van der Waals surface area contributed by atoms with Crippen LogP contribution >= 0.6 is 0 Å². The lowest BCUT2D eigenvalue weighted by atomic mass is 9.43. The van der Waals surface area contributed by atoms with Gasteiger partial charge in [0.25, 0.3) is 0 Å². The fourth-order valence-electron chi connectivity index (χ4n) is 14.3. The predicted octanol–water partition coefficient (Wildman–Crippen LogP) is -1.21. The Balaban J connectivity index is 0.966. The third kappa shape index (κ3) is 8.40. The molecule has 374 valence electrons. The van der Waals surface area contributed by atoms with Crippen LogP contribution in [0.4, 0.5) is 0 Å². The second-order valence-electron chi connectivity index (χ2n) is 21.3. The van der Waals surface area contributed by atoms with Gasteiger partial charge in [0.2, 0.25) is 0 Å². The topological polar surface area (TPSA) is 296 Å². The lowest BCUT2D eigenvalue weighted by Gasteiger charge is -2.64. The minimum atomic E-state index is -1.69. The highest BCUT2D eigenvalue weighted by Crippen LogP contribution is 2.71. The molecule has 0 spiro atoms. The summed E-state index contributed by atoms with van der Waals surface area (Å²) in [6.45, 7) is 13.4. The molecule has 4 aliphatic heterocycles. The fourth-order valence-corrected chi connectivity index (χ4v) is 14.3. The molecule has 0 aromatic carbocycles. The van der Waals surface area contributed by atoms with Crippen molar-refractivity contribution in [3.05, 3.63) is 12.2 Å². The third-order valence-electron chi connectivity index (χ3n) is 18.1. The van der Waals surface area contributed by atoms with Crippen molar-refractivity contribution in [3.8, 4) is 0 Å². The predicted molar refractivity (Wildman–Crippen MR) is 224 cm³/mol. The number of hydrogen-bond donors (Lipinski definition) is 11. The molecule has 4 saturated heterocycles. The minimum Gasteiger partial charge on any atom is -0.394 e. The highest BCUT2D eigenvalue weighted by molar-refractivity contribution is 5.18. The summed E-state index contributed by atoms with van der Waals surface area (Å²) in [5.74, 6) is -0.490. The van der Waals surface area contributed by atoms with Crippen LogP contribution < -0.4 is 0 Å². The zero-order valence-electron chi connectivity index (χ0n) is 38.4. The Labute approximate surface area is 380 Å². The molecule has 0 radical (unpaired) electrons. The number of hydrogen-bond acceptors (Lipinski definition) is 19. The Kier molecular flexibility index (Phi) is 14.7. The lowest BCUT2D eigenvalue weighted by molar-refractivity contribution is -0.377. The van der Waals surface area contributed by atoms with E-state index in [2.05, 4.69) is 27.4 Å². The fraction of sp³-hybridized carbons (Fsp3) is 0.957. The Morgan fingerprint density at radius 1 is 0.677 bits per heavy atom. The maximum atomic E-state index is 11.7. The van der Waals surface area contributed by atoms with Crippen LogP contribution in [0.2, 0.25) is 0 Å². The van der Waals surface area contributed by atoms with E-state index in [9.17, 15) is 56.2 Å². The van der Waals surface area contributed by atoms with Gasteiger partial charge in [-0.1, -0.05) is 32.9 Å². The van der Waals surface area contributed by atoms with Crippen molar-refractivity contribution in [2.45, 2.75) is 208 Å². The van der Waals surface area contributed by atoms with Gasteiger partial charge in [0, 0.05) is 31.3 Å². The van der Waals surface area contributed by atoms with Crippen molar-refractivity contribution in [2.24, 2.45) is 46.3 Å². The zero-order chi connectivity index (χ0) is 47.2. The number of methoxy groups -OCH3 is 1. The van der Waals surface area contributed by atoms with Gasteiger partial charge in [-0.2, -0.15) is 0 Å². The summed E-state index contributed by atoms with van der Waals surface area (Å²) in [5, 5.41) is 117. The van der Waals surface area contributed by atoms with Crippen LogP contribution in [0.5, 0.6) is 0 Å². The van der Waals surface area contributed by atoms with E-state index in [1.165, 1.54) is 6.92 Å². The van der Waals surface area contributed by atoms with Crippen LogP contribution in [0, 0.1) is 46.3 Å². The van der Waals surface area contributed by atoms with E-state index in [1.807, 2.05) is 0 Å². The van der Waals surface area contributed by atoms with Gasteiger partial charge >= 0.3 is 0 Å². The summed E-state index contributed by atoms with van der Waals surface area (Å²) >= 11 is 0. The molecule has 8 rings (SSSR count). The molecule has 65 heavy (non-hydrogen) atoms. The first kappa shape index (κ1) is 50.4. The van der Waals surface area contributed by atoms with Gasteiger partial charge < -0.3 is 94.1 Å². The van der Waals surface area contributed by atoms with Crippen LogP contribution in [0.25, 0.3) is 0 Å². The molecule has 0 bridgehead atoms. The lowest BCUT2D eigenvalue weighted by Crippen LogP contribution is -2.67. The van der Waals surface area contributed by atoms with E-state index in [-0.39, 0.29) is 60.1 Å². The van der Waals surface area contributed by atoms with Crippen molar-refractivity contribution in [1.29, 1.82) is 0 Å². The molecule has 0 unspecified atom stereocenters. The first-order valence-corrected chi connectivity index (χ1v) is 23.8. The monoisotopic (exact) mass is 932 g/mol. The van der Waals surface area contributed by atoms with Crippen molar-refractivity contribution in [1.82, 2.24) is 0 Å². The van der Waals surface area contributed by atoms with Crippen LogP contribution in [0.1, 0.15) is 86.0 Å². The molecule has 4 saturated carbocycles. The van der Waals surface area contributed by atoms with Gasteiger partial charge in [-0.3, -0.25) is 0 Å². The Morgan fingerprint density at radius 2 is 1.32 bits per heavy atom. The Hall–Kier alpha value is -1.02. The maximum absolute atomic E-state index is 11.7. The van der Waals surface area contributed by atoms with Crippen LogP contribution in [0.3, 0.4) is 0 Å². The number of aliphatic hydroxyl groups is 11. The Morgan fingerprint density at radius 3 is 2.00 bits per heavy atom. The molecule has 8 aliphatic rings. The molecular weight excluding hydrogens is 856 g/mol. The van der Waals surface area contributed by atoms with Crippen molar-refractivity contribution < 1.29 is 94.1 Å². The number of rotatable bonds is 12. The van der Waals surface area contributed by atoms with Crippen molar-refractivity contribution in [3.63, 3.8) is 0 Å². The van der Waals surface area contributed by atoms with Crippen molar-refractivity contribution >= 4 is 0 Å². The smallest absolute Gasteiger partial charge is 0.187 e. The van der Waals surface area contributed by atoms with Gasteiger partial charge in [0.05, 0.1) is 49.8 Å². The van der Waals surface area contributed by atoms with E-state index in [1.54, 1.807) is 14.0 Å². The van der Waals surface area contributed by atoms with Crippen molar-refractivity contribution in [2.75, 3.05) is 20.3 Å². The second-order valence-corrected chi connectivity index (χ2v) is 21.3. The minimum absolute atomic E-state index is 0.000973. The van der Waals surface area contributed by atoms with Gasteiger partial charge in [0.1, 0.15) is 61.0 Å². The maximum Gasteiger partial charge on any atom is 0.187 e. The summed E-state index contributed by atoms with van der Waals surface area (Å²) < 4.78 is 49.4. The number of fused-ring (bicyclic) bond motifs is 7. The zero-order valence-corrected chi connectivity index (χ0v) is 38.4. The van der Waals surface area contributed by atoms with E-state index in [4.69, 9.17) is 37.9 Å². The van der Waals surface area contributed by atoms with E-state index in [0.717, 1.165) is 25.7 Å². The van der Waals surface area contributed by atoms with Gasteiger partial charge in [-0.05, 0) is 87.4 Å². The quantitative estimate of drug-likeness (QED) is 0.102. The second kappa shape index (κ2) is 19.0. The molecule has 28 atom stereocenters. The number of aliphatic hydroxyl groups excluding tert-OH is 11. The van der Waals surface area contributed by atoms with E-state index in [0.29, 0.717) is 24.8 Å². The summed E-state index contributed by atoms with van der Waals surface area (Å²) in [7, 11) is 1.66. The summed E-state index contributed by atoms with van der Waals surface area (Å²) in [5.41, 5.74) is -0.102. The highest BCUT2D eigenvalue weighted by atomic mass is 16.8. The van der Waals surface area contributed by atoms with Gasteiger partial charge in [-0.15, -0.1) is 0 Å². The molecule has 19 nitrogen and oxygen atoms in total. The average Bonchev–Trinajstić information content (AvgIpc) is 3.74. The third-order valence-corrected chi connectivity index (χ3v) is 18.1. The molecule has 8 fully saturated rings. The molecule has 4 aliphatic carbocycles. The van der Waals surface area contributed by atoms with Crippen LogP contribution in [-0.2, 0) is 37.9 Å². The first-order chi connectivity index (χ1) is 30.6. The molecule has 4 heterocycles. The van der Waals surface area contributed by atoms with Gasteiger partial charge in [-0.25, -0.2) is 0 Å². The molecule has 0 aromatic heterocycles. The standard InChI is InChI=1S/C46H76O19/c1-18(17-59-41-38(56)36(54)34(52)28(16-47)62-41)10-13-46(58-7)19(2)30-27(65-46)14-25-22-8-9-24-33(51)26(48)15-29(45(24,6)23(22)11-12-44(25,30)5)63-43-40(37(55)32(50)21(4)61-43)64-42-39(57)35(53)31(49)20(3)60-42/h19-43,47-57H,1,8-17H2,2-7H3/t19-,20-,21+,22+,23-,24-,25-,26+,27-,28+,29+,30-,31-,32-,33+,34+,35+,36-,37-,38+,39+,40+,41+,42-,43-,44-,45+,46+/m0/s1. The molecule has 0 aromatic rings. The number of ether oxygens (including phenoxy) is 8. The van der Waals surface area contributed by atoms with Crippen LogP contribution in [-0.4, -0.2) is 199 Å². The van der Waals surface area contributed by atoms with E-state index >= 15 is 0 Å². The first-order valence-electron chi connectivity index (χ1n) is 23.8. The molecule has 0 amide bonds. The van der Waals surface area contributed by atoms with Crippen LogP contribution in [0.15, 0.2) is 12.2 Å². The summed E-state index contributed by atoms with van der Waals surface area (Å²) in [6, 6.07) is 0. The normalized spacial score (nSPS) is 56.7. The average molecular weight is 933 g/mol. The molecule has 19 heteroatoms. The van der Waals surface area contributed by atoms with E-state index < -0.39 is 128 Å². The summed E-state index contributed by atoms with van der Waals surface area (Å²) in [6.07, 6.45) is -18.4. The largest absolute Gasteiger partial charge is 0.394 e. The SMILES string of the molecule is C=C(CC[C@@]1(OC)O[C@H]2C[C@H]3[C@@H]4CC[C@H]5[C@@H](O)[C@H](O)C[C@@H](O[C@@H]6O[C@H](C)[C@H](O)[C@H](O)[C@H]6O[C@@H]6O[C@@H](C)[C@H](O)[C@@H](O)[C@H]6O)[C@]5(C)[C@H]4CC[C@]3(C)[C@H]2[C@@H]1C)CO[C@@H]1O[C@H](CO)[C@@H](O)[C@H](O)[C@H]1O.